The highest BCUT2D eigenvalue weighted by molar-refractivity contribution is 6.30. The molecule has 144 valence electrons. The van der Waals surface area contributed by atoms with Gasteiger partial charge in [-0.2, -0.15) is 0 Å². The van der Waals surface area contributed by atoms with E-state index in [2.05, 4.69) is 10.2 Å². The molecule has 1 heterocycles. The summed E-state index contributed by atoms with van der Waals surface area (Å²) < 4.78 is 5.37. The summed E-state index contributed by atoms with van der Waals surface area (Å²) in [5.74, 6) is -0.166. The molecule has 0 atom stereocenters. The van der Waals surface area contributed by atoms with Gasteiger partial charge in [0.2, 0.25) is 5.91 Å². The second-order valence-corrected chi connectivity index (χ2v) is 7.68. The number of nitrogens with one attached hydrogen (secondary N) is 1. The van der Waals surface area contributed by atoms with E-state index in [0.29, 0.717) is 23.9 Å². The Bertz CT molecular complexity index is 1070. The molecule has 3 aromatic rings. The van der Waals surface area contributed by atoms with E-state index < -0.39 is 0 Å². The first kappa shape index (κ1) is 18.7. The molecule has 0 radical (unpaired) electrons. The van der Waals surface area contributed by atoms with Crippen LogP contribution in [0.1, 0.15) is 30.9 Å². The van der Waals surface area contributed by atoms with E-state index in [9.17, 15) is 9.59 Å². The molecule has 0 spiro atoms. The molecule has 5 nitrogen and oxygen atoms in total. The summed E-state index contributed by atoms with van der Waals surface area (Å²) in [6.07, 6.45) is 2.33. The summed E-state index contributed by atoms with van der Waals surface area (Å²) in [4.78, 5) is 25.8. The van der Waals surface area contributed by atoms with Crippen LogP contribution >= 0.6 is 11.6 Å². The SMILES string of the molecule is CC(=O)Nc1ccc2c(CN(Cc3ccc(Cl)cc3)C3CC3)cc(=O)oc2c1. The van der Waals surface area contributed by atoms with E-state index in [0.717, 1.165) is 22.5 Å². The monoisotopic (exact) mass is 396 g/mol. The smallest absolute Gasteiger partial charge is 0.336 e. The van der Waals surface area contributed by atoms with Crippen LogP contribution in [0, 0.1) is 0 Å². The Labute approximate surface area is 167 Å². The van der Waals surface area contributed by atoms with Crippen molar-refractivity contribution in [2.75, 3.05) is 5.32 Å². The van der Waals surface area contributed by atoms with Crippen LogP contribution in [-0.2, 0) is 17.9 Å². The number of rotatable bonds is 6. The van der Waals surface area contributed by atoms with Crippen molar-refractivity contribution in [2.45, 2.75) is 38.9 Å². The van der Waals surface area contributed by atoms with Crippen molar-refractivity contribution < 1.29 is 9.21 Å². The van der Waals surface area contributed by atoms with E-state index in [-0.39, 0.29) is 11.5 Å². The normalized spacial score (nSPS) is 13.8. The van der Waals surface area contributed by atoms with Gasteiger partial charge in [-0.15, -0.1) is 0 Å². The molecule has 1 aromatic heterocycles. The Morgan fingerprint density at radius 2 is 1.89 bits per heavy atom. The van der Waals surface area contributed by atoms with Crippen molar-refractivity contribution in [1.29, 1.82) is 0 Å². The Kier molecular flexibility index (Phi) is 5.20. The van der Waals surface area contributed by atoms with Gasteiger partial charge in [-0.25, -0.2) is 4.79 Å². The number of carbonyl (C=O) groups excluding carboxylic acids is 1. The van der Waals surface area contributed by atoms with Gasteiger partial charge in [0.15, 0.2) is 0 Å². The van der Waals surface area contributed by atoms with Crippen LogP contribution in [0.25, 0.3) is 11.0 Å². The zero-order chi connectivity index (χ0) is 19.7. The van der Waals surface area contributed by atoms with Gasteiger partial charge in [-0.1, -0.05) is 23.7 Å². The summed E-state index contributed by atoms with van der Waals surface area (Å²) in [5, 5.41) is 4.33. The number of fused-ring (bicyclic) bond motifs is 1. The number of carbonyl (C=O) groups is 1. The van der Waals surface area contributed by atoms with Gasteiger partial charge in [-0.3, -0.25) is 9.69 Å². The molecule has 0 bridgehead atoms. The molecule has 2 aromatic carbocycles. The zero-order valence-corrected chi connectivity index (χ0v) is 16.3. The van der Waals surface area contributed by atoms with Gasteiger partial charge in [0.25, 0.3) is 0 Å². The minimum Gasteiger partial charge on any atom is -0.423 e. The van der Waals surface area contributed by atoms with Crippen molar-refractivity contribution in [2.24, 2.45) is 0 Å². The first-order valence-corrected chi connectivity index (χ1v) is 9.68. The van der Waals surface area contributed by atoms with Crippen LogP contribution in [0.2, 0.25) is 5.02 Å². The van der Waals surface area contributed by atoms with Gasteiger partial charge in [0.1, 0.15) is 5.58 Å². The third-order valence-electron chi connectivity index (χ3n) is 4.89. The third-order valence-corrected chi connectivity index (χ3v) is 5.14. The van der Waals surface area contributed by atoms with Gasteiger partial charge in [-0.05, 0) is 48.2 Å². The first-order chi connectivity index (χ1) is 13.5. The summed E-state index contributed by atoms with van der Waals surface area (Å²) in [6, 6.07) is 15.4. The number of halogens is 1. The Hall–Kier alpha value is -2.63. The topological polar surface area (TPSA) is 62.6 Å². The number of anilines is 1. The third kappa shape index (κ3) is 4.43. The van der Waals surface area contributed by atoms with Crippen molar-refractivity contribution in [3.05, 3.63) is 75.1 Å². The maximum Gasteiger partial charge on any atom is 0.336 e. The van der Waals surface area contributed by atoms with Crippen LogP contribution < -0.4 is 10.9 Å². The number of hydrogen-bond donors (Lipinski definition) is 1. The molecule has 28 heavy (non-hydrogen) atoms. The largest absolute Gasteiger partial charge is 0.423 e. The van der Waals surface area contributed by atoms with Gasteiger partial charge >= 0.3 is 5.63 Å². The highest BCUT2D eigenvalue weighted by Crippen LogP contribution is 2.31. The van der Waals surface area contributed by atoms with Crippen molar-refractivity contribution in [1.82, 2.24) is 4.90 Å². The molecule has 1 aliphatic rings. The number of benzene rings is 2. The molecule has 1 aliphatic carbocycles. The maximum absolute atomic E-state index is 12.1. The number of amides is 1. The van der Waals surface area contributed by atoms with Crippen LogP contribution in [-0.4, -0.2) is 16.8 Å². The second kappa shape index (κ2) is 7.78. The molecule has 0 unspecified atom stereocenters. The molecule has 1 saturated carbocycles. The first-order valence-electron chi connectivity index (χ1n) is 9.31. The fraction of sp³-hybridized carbons (Fsp3) is 0.273. The molecule has 1 N–H and O–H groups in total. The average molecular weight is 397 g/mol. The van der Waals surface area contributed by atoms with Crippen molar-refractivity contribution in [3.8, 4) is 0 Å². The summed E-state index contributed by atoms with van der Waals surface area (Å²) in [6.45, 7) is 2.91. The molecular formula is C22H21ClN2O3. The molecule has 0 saturated heterocycles. The lowest BCUT2D eigenvalue weighted by Crippen LogP contribution is -2.25. The standard InChI is InChI=1S/C22H21ClN2O3/c1-14(26)24-18-6-9-20-16(10-22(27)28-21(20)11-18)13-25(19-7-8-19)12-15-2-4-17(23)5-3-15/h2-6,9-11,19H,7-8,12-13H2,1H3,(H,24,26). The number of hydrogen-bond acceptors (Lipinski definition) is 4. The quantitative estimate of drug-likeness (QED) is 0.620. The molecule has 4 rings (SSSR count). The lowest BCUT2D eigenvalue weighted by molar-refractivity contribution is -0.114. The summed E-state index contributed by atoms with van der Waals surface area (Å²) in [7, 11) is 0. The molecule has 6 heteroatoms. The van der Waals surface area contributed by atoms with E-state index >= 15 is 0 Å². The average Bonchev–Trinajstić information content (AvgIpc) is 3.47. The van der Waals surface area contributed by atoms with Crippen LogP contribution in [0.5, 0.6) is 0 Å². The lowest BCUT2D eigenvalue weighted by atomic mass is 10.1. The van der Waals surface area contributed by atoms with Gasteiger partial charge in [0.05, 0.1) is 0 Å². The predicted octanol–water partition coefficient (Wildman–Crippen LogP) is 4.57. The van der Waals surface area contributed by atoms with E-state index in [1.165, 1.54) is 25.3 Å². The highest BCUT2D eigenvalue weighted by atomic mass is 35.5. The minimum atomic E-state index is -0.385. The van der Waals surface area contributed by atoms with E-state index in [1.54, 1.807) is 12.1 Å². The van der Waals surface area contributed by atoms with Crippen molar-refractivity contribution in [3.63, 3.8) is 0 Å². The zero-order valence-electron chi connectivity index (χ0n) is 15.6. The highest BCUT2D eigenvalue weighted by Gasteiger charge is 2.29. The summed E-state index contributed by atoms with van der Waals surface area (Å²) >= 11 is 5.99. The molecule has 0 aliphatic heterocycles. The van der Waals surface area contributed by atoms with E-state index in [1.807, 2.05) is 36.4 Å². The summed E-state index contributed by atoms with van der Waals surface area (Å²) in [5.41, 5.74) is 2.83. The Morgan fingerprint density at radius 3 is 2.57 bits per heavy atom. The van der Waals surface area contributed by atoms with Crippen LogP contribution in [0.3, 0.4) is 0 Å². The fourth-order valence-corrected chi connectivity index (χ4v) is 3.56. The fourth-order valence-electron chi connectivity index (χ4n) is 3.44. The van der Waals surface area contributed by atoms with Crippen LogP contribution in [0.4, 0.5) is 5.69 Å². The molecule has 1 fully saturated rings. The lowest BCUT2D eigenvalue weighted by Gasteiger charge is -2.23. The maximum atomic E-state index is 12.1. The number of nitrogens with zero attached hydrogens (tertiary/aromatic N) is 1. The minimum absolute atomic E-state index is 0.166. The predicted molar refractivity (Wildman–Crippen MR) is 111 cm³/mol. The van der Waals surface area contributed by atoms with Gasteiger partial charge < -0.3 is 9.73 Å². The Balaban J connectivity index is 1.63. The second-order valence-electron chi connectivity index (χ2n) is 7.25. The van der Waals surface area contributed by atoms with E-state index in [4.69, 9.17) is 16.0 Å². The molecular weight excluding hydrogens is 376 g/mol. The molecule has 1 amide bonds. The van der Waals surface area contributed by atoms with Gasteiger partial charge in [0, 0.05) is 54.3 Å². The van der Waals surface area contributed by atoms with Crippen molar-refractivity contribution >= 4 is 34.2 Å². The van der Waals surface area contributed by atoms with Crippen LogP contribution in [0.15, 0.2) is 57.7 Å². The Morgan fingerprint density at radius 1 is 1.14 bits per heavy atom.